The number of para-hydroxylation sites is 1. The van der Waals surface area contributed by atoms with Crippen LogP contribution < -0.4 is 14.8 Å². The van der Waals surface area contributed by atoms with Gasteiger partial charge in [0.1, 0.15) is 4.64 Å². The van der Waals surface area contributed by atoms with Gasteiger partial charge in [-0.2, -0.15) is 0 Å². The molecule has 0 aliphatic carbocycles. The topological polar surface area (TPSA) is 63.4 Å². The predicted molar refractivity (Wildman–Crippen MR) is 84.8 cm³/mol. The van der Waals surface area contributed by atoms with Gasteiger partial charge in [0.2, 0.25) is 0 Å². The number of hydrogen-bond acceptors (Lipinski definition) is 4. The first-order valence-electron chi connectivity index (χ1n) is 7.09. The van der Waals surface area contributed by atoms with Crippen LogP contribution in [0.3, 0.4) is 0 Å². The quantitative estimate of drug-likeness (QED) is 0.855. The molecule has 0 fully saturated rings. The zero-order chi connectivity index (χ0) is 15.4. The first-order chi connectivity index (χ1) is 10.8. The second-order valence-corrected chi connectivity index (χ2v) is 5.30. The third-order valence-corrected chi connectivity index (χ3v) is 3.69. The number of amides is 1. The zero-order valence-corrected chi connectivity index (χ0v) is 12.7. The van der Waals surface area contributed by atoms with E-state index in [2.05, 4.69) is 10.3 Å². The molecule has 0 unspecified atom stereocenters. The summed E-state index contributed by atoms with van der Waals surface area (Å²) in [5, 5.41) is 2.87. The summed E-state index contributed by atoms with van der Waals surface area (Å²) in [6.07, 6.45) is 2.54. The maximum absolute atomic E-state index is 12.2. The summed E-state index contributed by atoms with van der Waals surface area (Å²) in [6, 6.07) is 9.12. The van der Waals surface area contributed by atoms with Crippen molar-refractivity contribution in [2.75, 3.05) is 13.2 Å². The number of benzene rings is 1. The molecule has 114 valence electrons. The second kappa shape index (κ2) is 6.62. The summed E-state index contributed by atoms with van der Waals surface area (Å²) in [7, 11) is 0. The fourth-order valence-corrected chi connectivity index (χ4v) is 2.49. The highest BCUT2D eigenvalue weighted by molar-refractivity contribution is 7.71. The first kappa shape index (κ1) is 14.6. The molecule has 0 saturated heterocycles. The number of aromatic amines is 1. The van der Waals surface area contributed by atoms with Gasteiger partial charge in [0, 0.05) is 24.7 Å². The molecule has 0 atom stereocenters. The summed E-state index contributed by atoms with van der Waals surface area (Å²) >= 11 is 5.11. The fraction of sp³-hybridized carbons (Fsp3) is 0.250. The van der Waals surface area contributed by atoms with Crippen LogP contribution in [0.25, 0.3) is 0 Å². The molecule has 1 aromatic heterocycles. The Balaban J connectivity index is 1.76. The number of pyridine rings is 1. The summed E-state index contributed by atoms with van der Waals surface area (Å²) in [4.78, 5) is 15.1. The van der Waals surface area contributed by atoms with Crippen molar-refractivity contribution < 1.29 is 14.3 Å². The molecule has 0 radical (unpaired) electrons. The number of H-pyrrole nitrogens is 1. The van der Waals surface area contributed by atoms with Crippen molar-refractivity contribution in [1.29, 1.82) is 0 Å². The van der Waals surface area contributed by atoms with Gasteiger partial charge < -0.3 is 19.8 Å². The maximum atomic E-state index is 12.2. The molecular weight excluding hydrogens is 300 g/mol. The monoisotopic (exact) mass is 316 g/mol. The van der Waals surface area contributed by atoms with Crippen LogP contribution in [0.2, 0.25) is 0 Å². The number of carbonyl (C=O) groups excluding carboxylic acids is 1. The van der Waals surface area contributed by atoms with E-state index in [1.54, 1.807) is 18.3 Å². The highest BCUT2D eigenvalue weighted by Gasteiger charge is 2.15. The lowest BCUT2D eigenvalue weighted by atomic mass is 10.1. The van der Waals surface area contributed by atoms with Gasteiger partial charge in [-0.1, -0.05) is 24.4 Å². The van der Waals surface area contributed by atoms with Crippen molar-refractivity contribution in [1.82, 2.24) is 10.3 Å². The lowest BCUT2D eigenvalue weighted by Crippen LogP contribution is -2.23. The Bertz CT molecular complexity index is 742. The molecule has 2 heterocycles. The molecule has 1 aliphatic heterocycles. The smallest absolute Gasteiger partial charge is 0.254 e. The molecule has 0 bridgehead atoms. The fourth-order valence-electron chi connectivity index (χ4n) is 2.26. The van der Waals surface area contributed by atoms with Crippen LogP contribution >= 0.6 is 12.2 Å². The molecule has 0 saturated carbocycles. The van der Waals surface area contributed by atoms with Crippen molar-refractivity contribution in [2.45, 2.75) is 13.0 Å². The number of fused-ring (bicyclic) bond motifs is 1. The molecule has 22 heavy (non-hydrogen) atoms. The van der Waals surface area contributed by atoms with Crippen molar-refractivity contribution in [3.63, 3.8) is 0 Å². The summed E-state index contributed by atoms with van der Waals surface area (Å²) in [5.41, 5.74) is 1.34. The van der Waals surface area contributed by atoms with E-state index < -0.39 is 0 Å². The van der Waals surface area contributed by atoms with E-state index in [0.29, 0.717) is 35.7 Å². The van der Waals surface area contributed by atoms with E-state index in [0.717, 1.165) is 17.7 Å². The SMILES string of the molecule is O=C(NCc1cccc2c1OCCCO2)c1ccc[nH]c1=S. The van der Waals surface area contributed by atoms with Crippen molar-refractivity contribution >= 4 is 18.1 Å². The standard InChI is InChI=1S/C16H16N2O3S/c19-15(12-5-2-7-17-16(12)22)18-10-11-4-1-6-13-14(11)21-9-3-8-20-13/h1-2,4-7H,3,8-10H2,(H,17,22)(H,18,19). The molecule has 2 aromatic rings. The van der Waals surface area contributed by atoms with E-state index in [4.69, 9.17) is 21.7 Å². The Kier molecular flexibility index (Phi) is 4.39. The minimum Gasteiger partial charge on any atom is -0.490 e. The number of rotatable bonds is 3. The Hall–Kier alpha value is -2.34. The van der Waals surface area contributed by atoms with Gasteiger partial charge in [-0.05, 0) is 18.2 Å². The molecule has 1 amide bonds. The minimum atomic E-state index is -0.214. The number of aromatic nitrogens is 1. The third-order valence-electron chi connectivity index (χ3n) is 3.36. The predicted octanol–water partition coefficient (Wildman–Crippen LogP) is 2.84. The highest BCUT2D eigenvalue weighted by atomic mass is 32.1. The van der Waals surface area contributed by atoms with Crippen molar-refractivity contribution in [3.05, 3.63) is 52.3 Å². The number of ether oxygens (including phenoxy) is 2. The maximum Gasteiger partial charge on any atom is 0.254 e. The Labute approximate surface area is 133 Å². The van der Waals surface area contributed by atoms with Crippen LogP contribution in [0.15, 0.2) is 36.5 Å². The highest BCUT2D eigenvalue weighted by Crippen LogP contribution is 2.33. The third kappa shape index (κ3) is 3.12. The van der Waals surface area contributed by atoms with E-state index >= 15 is 0 Å². The lowest BCUT2D eigenvalue weighted by Gasteiger charge is -2.13. The molecule has 3 rings (SSSR count). The summed E-state index contributed by atoms with van der Waals surface area (Å²) < 4.78 is 11.8. The van der Waals surface area contributed by atoms with Gasteiger partial charge >= 0.3 is 0 Å². The van der Waals surface area contributed by atoms with Gasteiger partial charge in [-0.3, -0.25) is 4.79 Å². The average Bonchev–Trinajstić information content (AvgIpc) is 2.78. The van der Waals surface area contributed by atoms with Gasteiger partial charge in [0.15, 0.2) is 11.5 Å². The van der Waals surface area contributed by atoms with Crippen LogP contribution in [-0.4, -0.2) is 24.1 Å². The van der Waals surface area contributed by atoms with Crippen LogP contribution in [-0.2, 0) is 6.54 Å². The summed E-state index contributed by atoms with van der Waals surface area (Å²) in [5.74, 6) is 1.22. The normalized spacial score (nSPS) is 13.3. The van der Waals surface area contributed by atoms with Crippen LogP contribution in [0.1, 0.15) is 22.3 Å². The van der Waals surface area contributed by atoms with Gasteiger partial charge in [0.05, 0.1) is 18.8 Å². The first-order valence-corrected chi connectivity index (χ1v) is 7.50. The van der Waals surface area contributed by atoms with Gasteiger partial charge in [-0.15, -0.1) is 0 Å². The van der Waals surface area contributed by atoms with Gasteiger partial charge in [-0.25, -0.2) is 0 Å². The van der Waals surface area contributed by atoms with E-state index in [-0.39, 0.29) is 5.91 Å². The largest absolute Gasteiger partial charge is 0.490 e. The zero-order valence-electron chi connectivity index (χ0n) is 11.9. The molecule has 5 nitrogen and oxygen atoms in total. The number of carbonyl (C=O) groups is 1. The van der Waals surface area contributed by atoms with Crippen molar-refractivity contribution in [3.8, 4) is 11.5 Å². The van der Waals surface area contributed by atoms with E-state index in [1.807, 2.05) is 18.2 Å². The molecule has 1 aromatic carbocycles. The number of hydrogen-bond donors (Lipinski definition) is 2. The van der Waals surface area contributed by atoms with E-state index in [9.17, 15) is 4.79 Å². The van der Waals surface area contributed by atoms with Crippen LogP contribution in [0, 0.1) is 4.64 Å². The Morgan fingerprint density at radius 1 is 1.23 bits per heavy atom. The molecule has 6 heteroatoms. The molecule has 2 N–H and O–H groups in total. The summed E-state index contributed by atoms with van der Waals surface area (Å²) in [6.45, 7) is 1.61. The Morgan fingerprint density at radius 2 is 2.09 bits per heavy atom. The van der Waals surface area contributed by atoms with E-state index in [1.165, 1.54) is 0 Å². The van der Waals surface area contributed by atoms with Gasteiger partial charge in [0.25, 0.3) is 5.91 Å². The van der Waals surface area contributed by atoms with Crippen molar-refractivity contribution in [2.24, 2.45) is 0 Å². The lowest BCUT2D eigenvalue weighted by molar-refractivity contribution is 0.0949. The average molecular weight is 316 g/mol. The Morgan fingerprint density at radius 3 is 2.95 bits per heavy atom. The minimum absolute atomic E-state index is 0.214. The van der Waals surface area contributed by atoms with Crippen LogP contribution in [0.5, 0.6) is 11.5 Å². The second-order valence-electron chi connectivity index (χ2n) is 4.89. The molecule has 0 spiro atoms. The van der Waals surface area contributed by atoms with Crippen LogP contribution in [0.4, 0.5) is 0 Å². The molecule has 1 aliphatic rings. The number of nitrogens with one attached hydrogen (secondary N) is 2. The molecular formula is C16H16N2O3S.